The van der Waals surface area contributed by atoms with Crippen LogP contribution in [0, 0.1) is 18.8 Å². The molecule has 0 spiro atoms. The fourth-order valence-corrected chi connectivity index (χ4v) is 5.50. The van der Waals surface area contributed by atoms with Crippen molar-refractivity contribution in [3.05, 3.63) is 10.2 Å². The van der Waals surface area contributed by atoms with Gasteiger partial charge in [0.25, 0.3) is 10.0 Å². The van der Waals surface area contributed by atoms with Gasteiger partial charge in [-0.1, -0.05) is 36.8 Å². The average molecular weight is 295 g/mol. The van der Waals surface area contributed by atoms with E-state index in [0.29, 0.717) is 30.6 Å². The Morgan fingerprint density at radius 2 is 1.88 bits per heavy atom. The predicted octanol–water partition coefficient (Wildman–Crippen LogP) is 2.38. The van der Waals surface area contributed by atoms with E-state index in [1.165, 1.54) is 0 Å². The molecule has 1 aliphatic heterocycles. The molecule has 17 heavy (non-hydrogen) atoms. The first-order valence-electron chi connectivity index (χ1n) is 5.45. The van der Waals surface area contributed by atoms with E-state index >= 15 is 0 Å². The molecule has 2 heterocycles. The number of rotatable bonds is 2. The molecule has 2 rings (SSSR count). The third-order valence-electron chi connectivity index (χ3n) is 3.26. The molecule has 1 aromatic rings. The SMILES string of the molecule is Cc1nc(Cl)sc1S(=O)(=O)N1CC(C)C(C)C1. The molecule has 1 fully saturated rings. The lowest BCUT2D eigenvalue weighted by Crippen LogP contribution is -2.28. The maximum Gasteiger partial charge on any atom is 0.254 e. The van der Waals surface area contributed by atoms with Crippen molar-refractivity contribution in [3.8, 4) is 0 Å². The van der Waals surface area contributed by atoms with Crippen LogP contribution in [0.1, 0.15) is 19.5 Å². The summed E-state index contributed by atoms with van der Waals surface area (Å²) in [6.45, 7) is 6.99. The second-order valence-electron chi connectivity index (χ2n) is 4.62. The molecule has 96 valence electrons. The Kier molecular flexibility index (Phi) is 3.51. The van der Waals surface area contributed by atoms with Gasteiger partial charge in [-0.25, -0.2) is 13.4 Å². The van der Waals surface area contributed by atoms with Crippen LogP contribution in [0.4, 0.5) is 0 Å². The van der Waals surface area contributed by atoms with Crippen molar-refractivity contribution < 1.29 is 8.42 Å². The van der Waals surface area contributed by atoms with Gasteiger partial charge in [0.05, 0.1) is 5.69 Å². The summed E-state index contributed by atoms with van der Waals surface area (Å²) in [5, 5.41) is 0. The summed E-state index contributed by atoms with van der Waals surface area (Å²) in [6.07, 6.45) is 0. The van der Waals surface area contributed by atoms with Crippen molar-refractivity contribution in [1.29, 1.82) is 0 Å². The molecule has 0 bridgehead atoms. The summed E-state index contributed by atoms with van der Waals surface area (Å²) in [4.78, 5) is 3.96. The van der Waals surface area contributed by atoms with Gasteiger partial charge in [0.15, 0.2) is 8.68 Å². The van der Waals surface area contributed by atoms with Crippen LogP contribution in [0.25, 0.3) is 0 Å². The number of aryl methyl sites for hydroxylation is 1. The molecule has 1 aromatic heterocycles. The van der Waals surface area contributed by atoms with E-state index < -0.39 is 10.0 Å². The number of thiazole rings is 1. The van der Waals surface area contributed by atoms with Crippen LogP contribution in [0.3, 0.4) is 0 Å². The third kappa shape index (κ3) is 2.36. The van der Waals surface area contributed by atoms with Crippen molar-refractivity contribution in [2.24, 2.45) is 11.8 Å². The molecule has 1 aliphatic rings. The molecule has 4 nitrogen and oxygen atoms in total. The lowest BCUT2D eigenvalue weighted by molar-refractivity contribution is 0.464. The van der Waals surface area contributed by atoms with Gasteiger partial charge in [-0.3, -0.25) is 0 Å². The molecular weight excluding hydrogens is 280 g/mol. The molecule has 1 saturated heterocycles. The molecule has 0 radical (unpaired) electrons. The summed E-state index contributed by atoms with van der Waals surface area (Å²) in [5.41, 5.74) is 0.493. The highest BCUT2D eigenvalue weighted by atomic mass is 35.5. The van der Waals surface area contributed by atoms with Gasteiger partial charge in [0.2, 0.25) is 0 Å². The second-order valence-corrected chi connectivity index (χ2v) is 8.33. The first kappa shape index (κ1) is 13.3. The lowest BCUT2D eigenvalue weighted by atomic mass is 10.0. The second kappa shape index (κ2) is 4.50. The lowest BCUT2D eigenvalue weighted by Gasteiger charge is -2.14. The maximum absolute atomic E-state index is 12.4. The van der Waals surface area contributed by atoms with Crippen molar-refractivity contribution in [2.75, 3.05) is 13.1 Å². The fraction of sp³-hybridized carbons (Fsp3) is 0.700. The summed E-state index contributed by atoms with van der Waals surface area (Å²) in [5.74, 6) is 0.793. The number of sulfonamides is 1. The number of nitrogens with zero attached hydrogens (tertiary/aromatic N) is 2. The van der Waals surface area contributed by atoms with Crippen molar-refractivity contribution >= 4 is 33.0 Å². The highest BCUT2D eigenvalue weighted by molar-refractivity contribution is 7.91. The van der Waals surface area contributed by atoms with Gasteiger partial charge in [-0.05, 0) is 18.8 Å². The summed E-state index contributed by atoms with van der Waals surface area (Å²) in [7, 11) is -3.41. The molecular formula is C10H15ClN2O2S2. The predicted molar refractivity (Wildman–Crippen MR) is 68.9 cm³/mol. The molecule has 0 amide bonds. The van der Waals surface area contributed by atoms with E-state index in [4.69, 9.17) is 11.6 Å². The summed E-state index contributed by atoms with van der Waals surface area (Å²) in [6, 6.07) is 0. The van der Waals surface area contributed by atoms with Crippen LogP contribution in [-0.4, -0.2) is 30.8 Å². The minimum Gasteiger partial charge on any atom is -0.229 e. The smallest absolute Gasteiger partial charge is 0.229 e. The quantitative estimate of drug-likeness (QED) is 0.841. The van der Waals surface area contributed by atoms with Gasteiger partial charge >= 0.3 is 0 Å². The Balaban J connectivity index is 2.35. The Labute approximate surface area is 111 Å². The van der Waals surface area contributed by atoms with Crippen LogP contribution < -0.4 is 0 Å². The molecule has 7 heteroatoms. The van der Waals surface area contributed by atoms with Gasteiger partial charge in [-0.2, -0.15) is 4.31 Å². The zero-order valence-electron chi connectivity index (χ0n) is 9.97. The fourth-order valence-electron chi connectivity index (χ4n) is 1.98. The van der Waals surface area contributed by atoms with Gasteiger partial charge in [-0.15, -0.1) is 0 Å². The minimum atomic E-state index is -3.41. The van der Waals surface area contributed by atoms with E-state index in [9.17, 15) is 8.42 Å². The van der Waals surface area contributed by atoms with Crippen molar-refractivity contribution in [2.45, 2.75) is 25.0 Å². The number of hydrogen-bond donors (Lipinski definition) is 0. The van der Waals surface area contributed by atoms with Gasteiger partial charge in [0, 0.05) is 13.1 Å². The third-order valence-corrected chi connectivity index (χ3v) is 6.94. The van der Waals surface area contributed by atoms with E-state index in [1.807, 2.05) is 0 Å². The molecule has 0 N–H and O–H groups in total. The summed E-state index contributed by atoms with van der Waals surface area (Å²) < 4.78 is 26.9. The zero-order valence-corrected chi connectivity index (χ0v) is 12.4. The molecule has 0 saturated carbocycles. The molecule has 0 aliphatic carbocycles. The molecule has 2 unspecified atom stereocenters. The Hall–Kier alpha value is -0.170. The Morgan fingerprint density at radius 3 is 2.29 bits per heavy atom. The minimum absolute atomic E-state index is 0.279. The summed E-state index contributed by atoms with van der Waals surface area (Å²) >= 11 is 6.80. The number of halogens is 1. The van der Waals surface area contributed by atoms with E-state index in [0.717, 1.165) is 11.3 Å². The van der Waals surface area contributed by atoms with E-state index in [1.54, 1.807) is 11.2 Å². The highest BCUT2D eigenvalue weighted by Gasteiger charge is 2.36. The molecule has 2 atom stereocenters. The van der Waals surface area contributed by atoms with Crippen molar-refractivity contribution in [1.82, 2.24) is 9.29 Å². The van der Waals surface area contributed by atoms with Crippen LogP contribution in [0.2, 0.25) is 4.47 Å². The first-order valence-corrected chi connectivity index (χ1v) is 8.09. The van der Waals surface area contributed by atoms with Crippen molar-refractivity contribution in [3.63, 3.8) is 0 Å². The largest absolute Gasteiger partial charge is 0.254 e. The number of hydrogen-bond acceptors (Lipinski definition) is 4. The Bertz CT molecular complexity index is 516. The van der Waals surface area contributed by atoms with Crippen LogP contribution in [0.15, 0.2) is 4.21 Å². The Morgan fingerprint density at radius 1 is 1.35 bits per heavy atom. The average Bonchev–Trinajstić information content (AvgIpc) is 2.72. The van der Waals surface area contributed by atoms with Gasteiger partial charge < -0.3 is 0 Å². The topological polar surface area (TPSA) is 50.3 Å². The zero-order chi connectivity index (χ0) is 12.8. The van der Waals surface area contributed by atoms with E-state index in [2.05, 4.69) is 18.8 Å². The van der Waals surface area contributed by atoms with Crippen LogP contribution >= 0.6 is 22.9 Å². The van der Waals surface area contributed by atoms with Crippen LogP contribution in [-0.2, 0) is 10.0 Å². The monoisotopic (exact) mass is 294 g/mol. The normalized spacial score (nSPS) is 26.6. The maximum atomic E-state index is 12.4. The van der Waals surface area contributed by atoms with Gasteiger partial charge in [0.1, 0.15) is 0 Å². The van der Waals surface area contributed by atoms with E-state index in [-0.39, 0.29) is 8.68 Å². The highest BCUT2D eigenvalue weighted by Crippen LogP contribution is 2.33. The number of aromatic nitrogens is 1. The molecule has 0 aromatic carbocycles. The standard InChI is InChI=1S/C10H15ClN2O2S2/c1-6-4-13(5-7(6)2)17(14,15)9-8(3)12-10(11)16-9/h6-7H,4-5H2,1-3H3. The first-order chi connectivity index (χ1) is 7.82. The van der Waals surface area contributed by atoms with Crippen LogP contribution in [0.5, 0.6) is 0 Å².